The Kier molecular flexibility index (Phi) is 4.86. The second-order valence-corrected chi connectivity index (χ2v) is 7.79. The number of H-pyrrole nitrogens is 1. The number of carbonyl (C=O) groups is 1. The monoisotopic (exact) mass is 427 g/mol. The van der Waals surface area contributed by atoms with Gasteiger partial charge in [0.25, 0.3) is 11.6 Å². The van der Waals surface area contributed by atoms with E-state index in [0.29, 0.717) is 12.1 Å². The van der Waals surface area contributed by atoms with Crippen LogP contribution in [0.5, 0.6) is 5.75 Å². The Morgan fingerprint density at radius 2 is 1.78 bits per heavy atom. The first-order valence-corrected chi connectivity index (χ1v) is 10.4. The number of fused-ring (bicyclic) bond motifs is 3. The van der Waals surface area contributed by atoms with Crippen LogP contribution in [0.3, 0.4) is 0 Å². The maximum atomic E-state index is 13.5. The summed E-state index contributed by atoms with van der Waals surface area (Å²) >= 11 is 0. The van der Waals surface area contributed by atoms with E-state index in [2.05, 4.69) is 11.1 Å². The van der Waals surface area contributed by atoms with Crippen LogP contribution in [0.15, 0.2) is 72.8 Å². The number of nitro groups is 1. The lowest BCUT2D eigenvalue weighted by atomic mass is 9.91. The molecule has 5 rings (SSSR count). The largest absolute Gasteiger partial charge is 0.497 e. The van der Waals surface area contributed by atoms with E-state index in [1.807, 2.05) is 47.4 Å². The van der Waals surface area contributed by atoms with Crippen molar-refractivity contribution in [2.24, 2.45) is 0 Å². The van der Waals surface area contributed by atoms with Crippen LogP contribution in [0.1, 0.15) is 33.2 Å². The molecule has 7 heteroatoms. The first-order valence-electron chi connectivity index (χ1n) is 10.4. The van der Waals surface area contributed by atoms with E-state index in [-0.39, 0.29) is 17.6 Å². The van der Waals surface area contributed by atoms with E-state index >= 15 is 0 Å². The summed E-state index contributed by atoms with van der Waals surface area (Å²) < 4.78 is 5.30. The van der Waals surface area contributed by atoms with Gasteiger partial charge in [0.2, 0.25) is 0 Å². The molecule has 1 amide bonds. The van der Waals surface area contributed by atoms with Gasteiger partial charge in [-0.25, -0.2) is 0 Å². The maximum Gasteiger partial charge on any atom is 0.269 e. The number of ether oxygens (including phenoxy) is 1. The fraction of sp³-hybridized carbons (Fsp3) is 0.160. The molecule has 0 fully saturated rings. The molecular weight excluding hydrogens is 406 g/mol. The second-order valence-electron chi connectivity index (χ2n) is 7.79. The van der Waals surface area contributed by atoms with Gasteiger partial charge in [0.15, 0.2) is 0 Å². The molecule has 0 aliphatic carbocycles. The summed E-state index contributed by atoms with van der Waals surface area (Å²) in [4.78, 5) is 29.4. The molecule has 3 aromatic carbocycles. The lowest BCUT2D eigenvalue weighted by Crippen LogP contribution is -2.40. The molecule has 0 spiro atoms. The minimum absolute atomic E-state index is 0.0372. The maximum absolute atomic E-state index is 13.5. The highest BCUT2D eigenvalue weighted by Gasteiger charge is 2.35. The van der Waals surface area contributed by atoms with Gasteiger partial charge in [0.1, 0.15) is 5.75 Å². The van der Waals surface area contributed by atoms with Crippen LogP contribution in [-0.2, 0) is 6.42 Å². The normalized spacial score (nSPS) is 15.4. The summed E-state index contributed by atoms with van der Waals surface area (Å²) in [5.74, 6) is 0.583. The molecule has 7 nitrogen and oxygen atoms in total. The fourth-order valence-electron chi connectivity index (χ4n) is 4.48. The number of para-hydroxylation sites is 1. The van der Waals surface area contributed by atoms with Gasteiger partial charge in [-0.3, -0.25) is 14.9 Å². The second kappa shape index (κ2) is 7.85. The van der Waals surface area contributed by atoms with Gasteiger partial charge < -0.3 is 14.6 Å². The number of hydrogen-bond donors (Lipinski definition) is 1. The van der Waals surface area contributed by atoms with Gasteiger partial charge in [0.05, 0.1) is 18.1 Å². The Hall–Kier alpha value is -4.13. The molecule has 0 saturated heterocycles. The Bertz CT molecular complexity index is 1310. The molecule has 0 unspecified atom stereocenters. The van der Waals surface area contributed by atoms with Gasteiger partial charge in [0, 0.05) is 40.8 Å². The Morgan fingerprint density at radius 3 is 2.47 bits per heavy atom. The van der Waals surface area contributed by atoms with E-state index < -0.39 is 4.92 Å². The van der Waals surface area contributed by atoms with Crippen molar-refractivity contribution >= 4 is 22.5 Å². The zero-order chi connectivity index (χ0) is 22.2. The van der Waals surface area contributed by atoms with Crippen molar-refractivity contribution in [1.29, 1.82) is 0 Å². The van der Waals surface area contributed by atoms with E-state index in [1.165, 1.54) is 35.2 Å². The molecule has 0 radical (unpaired) electrons. The number of amides is 1. The van der Waals surface area contributed by atoms with Crippen molar-refractivity contribution in [3.05, 3.63) is 105 Å². The molecular formula is C25H21N3O4. The molecule has 160 valence electrons. The van der Waals surface area contributed by atoms with Crippen molar-refractivity contribution in [3.8, 4) is 5.75 Å². The Labute approximate surface area is 184 Å². The van der Waals surface area contributed by atoms with Crippen molar-refractivity contribution in [2.45, 2.75) is 12.5 Å². The Morgan fingerprint density at radius 1 is 1.06 bits per heavy atom. The predicted octanol–water partition coefficient (Wildman–Crippen LogP) is 4.87. The van der Waals surface area contributed by atoms with Gasteiger partial charge in [-0.1, -0.05) is 30.3 Å². The van der Waals surface area contributed by atoms with Crippen LogP contribution >= 0.6 is 0 Å². The molecule has 1 aliphatic heterocycles. The molecule has 32 heavy (non-hydrogen) atoms. The number of carbonyl (C=O) groups excluding carboxylic acids is 1. The van der Waals surface area contributed by atoms with E-state index in [0.717, 1.165) is 28.9 Å². The molecule has 1 atom stereocenters. The quantitative estimate of drug-likeness (QED) is 0.372. The molecule has 0 bridgehead atoms. The first kappa shape index (κ1) is 19.8. The molecule has 4 aromatic rings. The smallest absolute Gasteiger partial charge is 0.269 e. The summed E-state index contributed by atoms with van der Waals surface area (Å²) in [6, 6.07) is 21.4. The average Bonchev–Trinajstić information content (AvgIpc) is 3.22. The highest BCUT2D eigenvalue weighted by molar-refractivity contribution is 5.96. The SMILES string of the molecule is COc1ccc([C@H]2c3[nH]c4ccccc4c3CCN2C(=O)c2ccc([N+](=O)[O-])cc2)cc1. The number of nitrogens with zero attached hydrogens (tertiary/aromatic N) is 2. The third kappa shape index (κ3) is 3.28. The van der Waals surface area contributed by atoms with Crippen LogP contribution in [-0.4, -0.2) is 34.4 Å². The highest BCUT2D eigenvalue weighted by Crippen LogP contribution is 2.39. The molecule has 2 heterocycles. The van der Waals surface area contributed by atoms with Crippen LogP contribution in [0, 0.1) is 10.1 Å². The predicted molar refractivity (Wildman–Crippen MR) is 121 cm³/mol. The number of nitrogens with one attached hydrogen (secondary N) is 1. The minimum atomic E-state index is -0.466. The number of rotatable bonds is 4. The third-order valence-corrected chi connectivity index (χ3v) is 6.05. The lowest BCUT2D eigenvalue weighted by Gasteiger charge is -2.36. The molecule has 1 N–H and O–H groups in total. The third-order valence-electron chi connectivity index (χ3n) is 6.05. The fourth-order valence-corrected chi connectivity index (χ4v) is 4.48. The number of aromatic nitrogens is 1. The van der Waals surface area contributed by atoms with E-state index in [4.69, 9.17) is 4.74 Å². The highest BCUT2D eigenvalue weighted by atomic mass is 16.6. The number of non-ortho nitro benzene ring substituents is 1. The van der Waals surface area contributed by atoms with Gasteiger partial charge in [-0.05, 0) is 47.9 Å². The van der Waals surface area contributed by atoms with Crippen LogP contribution in [0.2, 0.25) is 0 Å². The van der Waals surface area contributed by atoms with Gasteiger partial charge >= 0.3 is 0 Å². The van der Waals surface area contributed by atoms with Crippen molar-refractivity contribution < 1.29 is 14.5 Å². The van der Waals surface area contributed by atoms with Gasteiger partial charge in [-0.15, -0.1) is 0 Å². The van der Waals surface area contributed by atoms with Crippen molar-refractivity contribution in [1.82, 2.24) is 9.88 Å². The van der Waals surface area contributed by atoms with Crippen LogP contribution < -0.4 is 4.74 Å². The summed E-state index contributed by atoms with van der Waals surface area (Å²) in [6.45, 7) is 0.543. The van der Waals surface area contributed by atoms with Crippen LogP contribution in [0.25, 0.3) is 10.9 Å². The van der Waals surface area contributed by atoms with Crippen molar-refractivity contribution in [2.75, 3.05) is 13.7 Å². The summed E-state index contributed by atoms with van der Waals surface area (Å²) in [5, 5.41) is 12.2. The molecule has 1 aliphatic rings. The number of nitro benzene ring substituents is 1. The zero-order valence-corrected chi connectivity index (χ0v) is 17.4. The number of hydrogen-bond acceptors (Lipinski definition) is 4. The standard InChI is InChI=1S/C25H21N3O4/c1-32-19-12-8-16(9-13-19)24-23-21(20-4-2-3-5-22(20)26-23)14-15-27(24)25(29)17-6-10-18(11-7-17)28(30)31/h2-13,24,26H,14-15H2,1H3/t24-/m0/s1. The first-order chi connectivity index (χ1) is 15.6. The number of aromatic amines is 1. The minimum Gasteiger partial charge on any atom is -0.497 e. The number of benzene rings is 3. The van der Waals surface area contributed by atoms with Crippen LogP contribution in [0.4, 0.5) is 5.69 Å². The van der Waals surface area contributed by atoms with E-state index in [1.54, 1.807) is 7.11 Å². The Balaban J connectivity index is 1.60. The summed E-state index contributed by atoms with van der Waals surface area (Å²) in [6.07, 6.45) is 0.727. The zero-order valence-electron chi connectivity index (χ0n) is 17.4. The average molecular weight is 427 g/mol. The van der Waals surface area contributed by atoms with Crippen molar-refractivity contribution in [3.63, 3.8) is 0 Å². The van der Waals surface area contributed by atoms with Gasteiger partial charge in [-0.2, -0.15) is 0 Å². The lowest BCUT2D eigenvalue weighted by molar-refractivity contribution is -0.384. The summed E-state index contributed by atoms with van der Waals surface area (Å²) in [5.41, 5.74) is 4.61. The number of methoxy groups -OCH3 is 1. The molecule has 0 saturated carbocycles. The van der Waals surface area contributed by atoms with E-state index in [9.17, 15) is 14.9 Å². The molecule has 1 aromatic heterocycles. The summed E-state index contributed by atoms with van der Waals surface area (Å²) in [7, 11) is 1.62. The topological polar surface area (TPSA) is 88.5 Å².